The molecule has 0 fully saturated rings. The van der Waals surface area contributed by atoms with Gasteiger partial charge in [-0.1, -0.05) is 0 Å². The van der Waals surface area contributed by atoms with E-state index in [2.05, 4.69) is 0 Å². The van der Waals surface area contributed by atoms with E-state index in [1.54, 1.807) is 0 Å². The second-order valence-corrected chi connectivity index (χ2v) is 4.76. The van der Waals surface area contributed by atoms with Crippen LogP contribution in [0.5, 0.6) is 0 Å². The van der Waals surface area contributed by atoms with Gasteiger partial charge in [-0.15, -0.1) is 0 Å². The fraction of sp³-hybridized carbons (Fsp3) is 0.111. The zero-order chi connectivity index (χ0) is 12.2. The number of hydrogen-bond donors (Lipinski definition) is 0. The maximum absolute atomic E-state index is 11.8. The van der Waals surface area contributed by atoms with E-state index in [1.807, 2.05) is 0 Å². The summed E-state index contributed by atoms with van der Waals surface area (Å²) >= 11 is -1.60. The number of hydrogen-bond acceptors (Lipinski definition) is 2. The first-order valence-corrected chi connectivity index (χ1v) is 5.88. The van der Waals surface area contributed by atoms with E-state index in [-0.39, 0.29) is 5.69 Å². The summed E-state index contributed by atoms with van der Waals surface area (Å²) in [4.78, 5) is 10.8. The SMILES string of the molecule is O=[N+]([O-])c1cccc(/C=C/[Se]C(F)(F)F)c1. The van der Waals surface area contributed by atoms with Crippen molar-refractivity contribution in [2.45, 2.75) is 5.07 Å². The van der Waals surface area contributed by atoms with Gasteiger partial charge in [0.2, 0.25) is 0 Å². The van der Waals surface area contributed by atoms with Crippen LogP contribution in [0.2, 0.25) is 0 Å². The Labute approximate surface area is 95.3 Å². The molecule has 0 radical (unpaired) electrons. The van der Waals surface area contributed by atoms with Crippen LogP contribution in [0.4, 0.5) is 18.9 Å². The van der Waals surface area contributed by atoms with Crippen LogP contribution in [0.15, 0.2) is 29.2 Å². The van der Waals surface area contributed by atoms with Gasteiger partial charge in [-0.25, -0.2) is 0 Å². The molecule has 0 bridgehead atoms. The zero-order valence-electron chi connectivity index (χ0n) is 7.77. The van der Waals surface area contributed by atoms with E-state index in [4.69, 9.17) is 0 Å². The van der Waals surface area contributed by atoms with Crippen molar-refractivity contribution in [3.63, 3.8) is 0 Å². The molecule has 1 aromatic carbocycles. The zero-order valence-corrected chi connectivity index (χ0v) is 9.48. The second kappa shape index (κ2) is 5.14. The standard InChI is InChI=1S/C9H6F3NO2Se/c10-9(11,12)16-5-4-7-2-1-3-8(6-7)13(14)15/h1-6H/b5-4+. The number of non-ortho nitro benzene ring substituents is 1. The topological polar surface area (TPSA) is 43.1 Å². The van der Waals surface area contributed by atoms with Crippen LogP contribution in [0.1, 0.15) is 5.56 Å². The number of nitrogens with zero attached hydrogens (tertiary/aromatic N) is 1. The molecule has 0 spiro atoms. The van der Waals surface area contributed by atoms with Crippen LogP contribution in [0.3, 0.4) is 0 Å². The van der Waals surface area contributed by atoms with Crippen molar-refractivity contribution in [3.8, 4) is 0 Å². The quantitative estimate of drug-likeness (QED) is 0.489. The van der Waals surface area contributed by atoms with Gasteiger partial charge in [0.1, 0.15) is 0 Å². The molecular weight excluding hydrogens is 290 g/mol. The summed E-state index contributed by atoms with van der Waals surface area (Å²) in [5, 5.41) is 6.20. The van der Waals surface area contributed by atoms with Crippen molar-refractivity contribution in [1.82, 2.24) is 0 Å². The third kappa shape index (κ3) is 4.46. The summed E-state index contributed by atoms with van der Waals surface area (Å²) in [7, 11) is 0. The van der Waals surface area contributed by atoms with E-state index < -0.39 is 25.0 Å². The summed E-state index contributed by atoms with van der Waals surface area (Å²) in [5.41, 5.74) is 0.252. The van der Waals surface area contributed by atoms with Crippen molar-refractivity contribution in [3.05, 3.63) is 44.9 Å². The predicted octanol–water partition coefficient (Wildman–Crippen LogP) is 2.79. The van der Waals surface area contributed by atoms with Crippen LogP contribution < -0.4 is 0 Å². The summed E-state index contributed by atoms with van der Waals surface area (Å²) in [6.07, 6.45) is 1.24. The van der Waals surface area contributed by atoms with E-state index in [0.29, 0.717) is 5.56 Å². The molecule has 16 heavy (non-hydrogen) atoms. The monoisotopic (exact) mass is 297 g/mol. The molecular formula is C9H6F3NO2Se. The van der Waals surface area contributed by atoms with Gasteiger partial charge >= 0.3 is 94.8 Å². The predicted molar refractivity (Wildman–Crippen MR) is 53.9 cm³/mol. The van der Waals surface area contributed by atoms with Crippen LogP contribution in [0.25, 0.3) is 6.08 Å². The van der Waals surface area contributed by atoms with Gasteiger partial charge in [-0.2, -0.15) is 0 Å². The number of rotatable bonds is 3. The van der Waals surface area contributed by atoms with Gasteiger partial charge in [0.15, 0.2) is 0 Å². The summed E-state index contributed by atoms with van der Waals surface area (Å²) < 4.78 is 35.5. The second-order valence-electron chi connectivity index (χ2n) is 2.72. The molecule has 0 saturated heterocycles. The van der Waals surface area contributed by atoms with Crippen LogP contribution in [-0.4, -0.2) is 25.0 Å². The van der Waals surface area contributed by atoms with Crippen molar-refractivity contribution in [2.24, 2.45) is 0 Å². The molecule has 0 aliphatic rings. The molecule has 0 amide bonds. The Kier molecular flexibility index (Phi) is 4.09. The van der Waals surface area contributed by atoms with Gasteiger partial charge in [0.05, 0.1) is 0 Å². The van der Waals surface area contributed by atoms with Crippen LogP contribution in [0, 0.1) is 10.1 Å². The minimum atomic E-state index is -4.19. The molecule has 86 valence electrons. The van der Waals surface area contributed by atoms with Crippen molar-refractivity contribution >= 4 is 26.7 Å². The maximum atomic E-state index is 11.8. The van der Waals surface area contributed by atoms with E-state index >= 15 is 0 Å². The molecule has 0 N–H and O–H groups in total. The first-order chi connectivity index (χ1) is 7.38. The fourth-order valence-corrected chi connectivity index (χ4v) is 1.73. The molecule has 0 saturated carbocycles. The molecule has 0 aliphatic carbocycles. The van der Waals surface area contributed by atoms with Gasteiger partial charge in [-0.3, -0.25) is 0 Å². The van der Waals surface area contributed by atoms with E-state index in [0.717, 1.165) is 4.97 Å². The molecule has 0 heterocycles. The Hall–Kier alpha value is -1.33. The van der Waals surface area contributed by atoms with Gasteiger partial charge in [0.25, 0.3) is 0 Å². The molecule has 0 aliphatic heterocycles. The Balaban J connectivity index is 2.74. The molecule has 1 aromatic rings. The molecule has 3 nitrogen and oxygen atoms in total. The molecule has 0 unspecified atom stereocenters. The Morgan fingerprint density at radius 3 is 2.62 bits per heavy atom. The average molecular weight is 296 g/mol. The van der Waals surface area contributed by atoms with Gasteiger partial charge < -0.3 is 0 Å². The van der Waals surface area contributed by atoms with Crippen LogP contribution >= 0.6 is 0 Å². The van der Waals surface area contributed by atoms with Gasteiger partial charge in [-0.05, 0) is 0 Å². The van der Waals surface area contributed by atoms with Crippen molar-refractivity contribution in [1.29, 1.82) is 0 Å². The first-order valence-electron chi connectivity index (χ1n) is 4.04. The summed E-state index contributed by atoms with van der Waals surface area (Å²) in [5.74, 6) is 0. The fourth-order valence-electron chi connectivity index (χ4n) is 0.932. The Morgan fingerprint density at radius 1 is 1.38 bits per heavy atom. The number of alkyl halides is 3. The Morgan fingerprint density at radius 2 is 2.06 bits per heavy atom. The summed E-state index contributed by atoms with van der Waals surface area (Å²) in [6.45, 7) is 0. The van der Waals surface area contributed by atoms with Crippen LogP contribution in [-0.2, 0) is 0 Å². The third-order valence-electron chi connectivity index (χ3n) is 1.54. The van der Waals surface area contributed by atoms with Gasteiger partial charge in [0, 0.05) is 0 Å². The first kappa shape index (κ1) is 12.7. The molecule has 1 rings (SSSR count). The normalized spacial score (nSPS) is 11.9. The van der Waals surface area contributed by atoms with Crippen molar-refractivity contribution < 1.29 is 18.1 Å². The number of nitro groups is 1. The van der Waals surface area contributed by atoms with E-state index in [9.17, 15) is 23.3 Å². The number of benzene rings is 1. The average Bonchev–Trinajstić information content (AvgIpc) is 2.16. The Bertz CT molecular complexity index is 417. The van der Waals surface area contributed by atoms with Crippen molar-refractivity contribution in [2.75, 3.05) is 0 Å². The summed E-state index contributed by atoms with van der Waals surface area (Å²) in [6, 6.07) is 5.45. The number of halogens is 3. The number of nitro benzene ring substituents is 1. The molecule has 0 aromatic heterocycles. The third-order valence-corrected chi connectivity index (χ3v) is 2.67. The van der Waals surface area contributed by atoms with E-state index in [1.165, 1.54) is 30.3 Å². The minimum absolute atomic E-state index is 0.137. The molecule has 0 atom stereocenters. The molecule has 7 heteroatoms.